The van der Waals surface area contributed by atoms with E-state index in [4.69, 9.17) is 23.2 Å². The lowest BCUT2D eigenvalue weighted by Gasteiger charge is -2.31. The molecule has 5 nitrogen and oxygen atoms in total. The van der Waals surface area contributed by atoms with Gasteiger partial charge in [-0.3, -0.25) is 4.79 Å². The lowest BCUT2D eigenvalue weighted by atomic mass is 9.97. The molecule has 3 rings (SSSR count). The summed E-state index contributed by atoms with van der Waals surface area (Å²) in [5.41, 5.74) is 2.13. The van der Waals surface area contributed by atoms with E-state index in [9.17, 15) is 13.2 Å². The summed E-state index contributed by atoms with van der Waals surface area (Å²) in [6.45, 7) is 4.28. The topological polar surface area (TPSA) is 66.5 Å². The van der Waals surface area contributed by atoms with Crippen molar-refractivity contribution in [2.24, 2.45) is 5.92 Å². The van der Waals surface area contributed by atoms with Crippen LogP contribution in [-0.4, -0.2) is 31.7 Å². The predicted molar refractivity (Wildman–Crippen MR) is 112 cm³/mol. The van der Waals surface area contributed by atoms with Crippen molar-refractivity contribution in [3.63, 3.8) is 0 Å². The Morgan fingerprint density at radius 2 is 1.75 bits per heavy atom. The molecule has 2 aromatic rings. The first-order valence-electron chi connectivity index (χ1n) is 9.02. The zero-order chi connectivity index (χ0) is 20.5. The van der Waals surface area contributed by atoms with Gasteiger partial charge in [0.1, 0.15) is 0 Å². The van der Waals surface area contributed by atoms with Gasteiger partial charge in [0.2, 0.25) is 15.9 Å². The van der Waals surface area contributed by atoms with Gasteiger partial charge in [-0.15, -0.1) is 0 Å². The molecule has 0 bridgehead atoms. The van der Waals surface area contributed by atoms with Crippen molar-refractivity contribution >= 4 is 44.8 Å². The summed E-state index contributed by atoms with van der Waals surface area (Å²) in [5, 5.41) is 3.68. The average molecular weight is 441 g/mol. The van der Waals surface area contributed by atoms with Crippen LogP contribution in [0.2, 0.25) is 10.0 Å². The van der Waals surface area contributed by atoms with Crippen LogP contribution >= 0.6 is 23.2 Å². The van der Waals surface area contributed by atoms with Crippen LogP contribution in [-0.2, 0) is 14.8 Å². The minimum atomic E-state index is -3.57. The Labute approximate surface area is 175 Å². The summed E-state index contributed by atoms with van der Waals surface area (Å²) < 4.78 is 27.5. The molecule has 8 heteroatoms. The minimum Gasteiger partial charge on any atom is -0.325 e. The second-order valence-electron chi connectivity index (χ2n) is 7.06. The standard InChI is InChI=1S/C20H22Cl2N2O3S/c1-13-3-4-14(2)19(11-13)28(26,27)24-9-7-15(8-10-24)20(25)23-18-6-5-16(21)12-17(18)22/h3-6,11-12,15H,7-10H2,1-2H3,(H,23,25). The number of nitrogens with zero attached hydrogens (tertiary/aromatic N) is 1. The lowest BCUT2D eigenvalue weighted by molar-refractivity contribution is -0.120. The molecule has 150 valence electrons. The van der Waals surface area contributed by atoms with Gasteiger partial charge < -0.3 is 5.32 Å². The van der Waals surface area contributed by atoms with Crippen LogP contribution in [0.5, 0.6) is 0 Å². The van der Waals surface area contributed by atoms with Gasteiger partial charge in [-0.2, -0.15) is 4.31 Å². The number of anilines is 1. The molecule has 1 aliphatic rings. The summed E-state index contributed by atoms with van der Waals surface area (Å²) in [5.74, 6) is -0.426. The Hall–Kier alpha value is -1.60. The third-order valence-electron chi connectivity index (χ3n) is 4.98. The number of hydrogen-bond acceptors (Lipinski definition) is 3. The molecule has 0 saturated carbocycles. The Kier molecular flexibility index (Phi) is 6.34. The van der Waals surface area contributed by atoms with E-state index in [0.29, 0.717) is 46.6 Å². The number of carbonyl (C=O) groups excluding carboxylic acids is 1. The van der Waals surface area contributed by atoms with Gasteiger partial charge >= 0.3 is 0 Å². The largest absolute Gasteiger partial charge is 0.325 e. The molecular formula is C20H22Cl2N2O3S. The maximum absolute atomic E-state index is 13.0. The van der Waals surface area contributed by atoms with Crippen LogP contribution < -0.4 is 5.32 Å². The van der Waals surface area contributed by atoms with Crippen LogP contribution in [0.4, 0.5) is 5.69 Å². The van der Waals surface area contributed by atoms with Gasteiger partial charge in [-0.1, -0.05) is 35.3 Å². The van der Waals surface area contributed by atoms with Gasteiger partial charge in [-0.25, -0.2) is 8.42 Å². The van der Waals surface area contributed by atoms with E-state index >= 15 is 0 Å². The average Bonchev–Trinajstić information content (AvgIpc) is 2.66. The number of aryl methyl sites for hydroxylation is 2. The quantitative estimate of drug-likeness (QED) is 0.751. The first-order valence-corrected chi connectivity index (χ1v) is 11.2. The fourth-order valence-electron chi connectivity index (χ4n) is 3.31. The molecule has 0 radical (unpaired) electrons. The molecule has 1 heterocycles. The number of hydrogen-bond donors (Lipinski definition) is 1. The Morgan fingerprint density at radius 1 is 1.07 bits per heavy atom. The van der Waals surface area contributed by atoms with Crippen molar-refractivity contribution in [1.82, 2.24) is 4.31 Å². The third kappa shape index (κ3) is 4.51. The fourth-order valence-corrected chi connectivity index (χ4v) is 5.54. The monoisotopic (exact) mass is 440 g/mol. The van der Waals surface area contributed by atoms with E-state index in [1.807, 2.05) is 19.1 Å². The molecule has 28 heavy (non-hydrogen) atoms. The Bertz CT molecular complexity index is 1000. The maximum atomic E-state index is 13.0. The molecule has 1 fully saturated rings. The molecule has 1 saturated heterocycles. The smallest absolute Gasteiger partial charge is 0.243 e. The van der Waals surface area contributed by atoms with E-state index in [0.717, 1.165) is 11.1 Å². The number of benzene rings is 2. The molecule has 1 N–H and O–H groups in total. The van der Waals surface area contributed by atoms with E-state index in [-0.39, 0.29) is 11.8 Å². The number of amides is 1. The third-order valence-corrected chi connectivity index (χ3v) is 7.56. The Balaban J connectivity index is 1.66. The van der Waals surface area contributed by atoms with E-state index < -0.39 is 10.0 Å². The summed E-state index contributed by atoms with van der Waals surface area (Å²) >= 11 is 12.0. The minimum absolute atomic E-state index is 0.159. The van der Waals surface area contributed by atoms with Crippen LogP contribution in [0.1, 0.15) is 24.0 Å². The van der Waals surface area contributed by atoms with Crippen molar-refractivity contribution in [3.8, 4) is 0 Å². The number of nitrogens with one attached hydrogen (secondary N) is 1. The fraction of sp³-hybridized carbons (Fsp3) is 0.350. The molecule has 1 aliphatic heterocycles. The molecular weight excluding hydrogens is 419 g/mol. The van der Waals surface area contributed by atoms with Crippen molar-refractivity contribution < 1.29 is 13.2 Å². The SMILES string of the molecule is Cc1ccc(C)c(S(=O)(=O)N2CCC(C(=O)Nc3ccc(Cl)cc3Cl)CC2)c1. The van der Waals surface area contributed by atoms with Crippen molar-refractivity contribution in [3.05, 3.63) is 57.6 Å². The molecule has 1 amide bonds. The van der Waals surface area contributed by atoms with Crippen LogP contribution in [0.25, 0.3) is 0 Å². The molecule has 0 spiro atoms. The van der Waals surface area contributed by atoms with Gasteiger partial charge in [0.25, 0.3) is 0 Å². The van der Waals surface area contributed by atoms with Crippen molar-refractivity contribution in [2.45, 2.75) is 31.6 Å². The van der Waals surface area contributed by atoms with Gasteiger partial charge in [0.05, 0.1) is 15.6 Å². The van der Waals surface area contributed by atoms with Gasteiger partial charge in [0.15, 0.2) is 0 Å². The van der Waals surface area contributed by atoms with Gasteiger partial charge in [-0.05, 0) is 62.1 Å². The normalized spacial score (nSPS) is 16.1. The summed E-state index contributed by atoms with van der Waals surface area (Å²) in [6, 6.07) is 10.3. The zero-order valence-electron chi connectivity index (χ0n) is 15.7. The van der Waals surface area contributed by atoms with Crippen LogP contribution in [0, 0.1) is 19.8 Å². The maximum Gasteiger partial charge on any atom is 0.243 e. The van der Waals surface area contributed by atoms with E-state index in [1.165, 1.54) is 4.31 Å². The summed E-state index contributed by atoms with van der Waals surface area (Å²) in [4.78, 5) is 12.9. The van der Waals surface area contributed by atoms with Gasteiger partial charge in [0, 0.05) is 24.0 Å². The molecule has 0 aromatic heterocycles. The molecule has 0 unspecified atom stereocenters. The summed E-state index contributed by atoms with van der Waals surface area (Å²) in [6.07, 6.45) is 0.919. The second kappa shape index (κ2) is 8.41. The number of rotatable bonds is 4. The van der Waals surface area contributed by atoms with Crippen molar-refractivity contribution in [1.29, 1.82) is 0 Å². The number of carbonyl (C=O) groups is 1. The number of piperidine rings is 1. The highest BCUT2D eigenvalue weighted by Crippen LogP contribution is 2.29. The summed E-state index contributed by atoms with van der Waals surface area (Å²) in [7, 11) is -3.57. The second-order valence-corrected chi connectivity index (χ2v) is 9.81. The highest BCUT2D eigenvalue weighted by molar-refractivity contribution is 7.89. The first-order chi connectivity index (χ1) is 13.2. The molecule has 2 aromatic carbocycles. The van der Waals surface area contributed by atoms with E-state index in [1.54, 1.807) is 31.2 Å². The predicted octanol–water partition coefficient (Wildman–Crippen LogP) is 4.65. The van der Waals surface area contributed by atoms with Crippen LogP contribution in [0.15, 0.2) is 41.3 Å². The lowest BCUT2D eigenvalue weighted by Crippen LogP contribution is -2.41. The van der Waals surface area contributed by atoms with Crippen LogP contribution in [0.3, 0.4) is 0 Å². The first kappa shape index (κ1) is 21.1. The number of sulfonamides is 1. The highest BCUT2D eigenvalue weighted by atomic mass is 35.5. The van der Waals surface area contributed by atoms with Crippen molar-refractivity contribution in [2.75, 3.05) is 18.4 Å². The van der Waals surface area contributed by atoms with E-state index in [2.05, 4.69) is 5.32 Å². The zero-order valence-corrected chi connectivity index (χ0v) is 18.0. The molecule has 0 aliphatic carbocycles. The number of halogens is 2. The Morgan fingerprint density at radius 3 is 2.39 bits per heavy atom. The molecule has 0 atom stereocenters. The highest BCUT2D eigenvalue weighted by Gasteiger charge is 2.33.